The zero-order chi connectivity index (χ0) is 17.2. The summed E-state index contributed by atoms with van der Waals surface area (Å²) in [7, 11) is 0. The topological polar surface area (TPSA) is 74.8 Å². The van der Waals surface area contributed by atoms with Crippen molar-refractivity contribution in [2.24, 2.45) is 0 Å². The van der Waals surface area contributed by atoms with Crippen molar-refractivity contribution in [3.05, 3.63) is 62.3 Å². The first-order valence-electron chi connectivity index (χ1n) is 7.32. The highest BCUT2D eigenvalue weighted by Gasteiger charge is 2.25. The third-order valence-electron chi connectivity index (χ3n) is 3.51. The van der Waals surface area contributed by atoms with Gasteiger partial charge in [-0.05, 0) is 44.9 Å². The van der Waals surface area contributed by atoms with Gasteiger partial charge in [-0.25, -0.2) is 4.98 Å². The third kappa shape index (κ3) is 4.42. The van der Waals surface area contributed by atoms with Crippen LogP contribution in [0, 0.1) is 13.8 Å². The van der Waals surface area contributed by atoms with Gasteiger partial charge in [-0.2, -0.15) is 0 Å². The lowest BCUT2D eigenvalue weighted by molar-refractivity contribution is -0.122. The maximum Gasteiger partial charge on any atom is 0.251 e. The van der Waals surface area contributed by atoms with E-state index in [9.17, 15) is 9.59 Å². The van der Waals surface area contributed by atoms with Crippen LogP contribution in [0.3, 0.4) is 0 Å². The zero-order valence-corrected chi connectivity index (χ0v) is 14.4. The predicted octanol–water partition coefficient (Wildman–Crippen LogP) is 2.63. The molecule has 0 fully saturated rings. The van der Waals surface area contributed by atoms with Crippen LogP contribution in [0.4, 0.5) is 0 Å². The second-order valence-corrected chi connectivity index (χ2v) is 6.58. The van der Waals surface area contributed by atoms with Crippen LogP contribution in [0.15, 0.2) is 29.1 Å². The monoisotopic (exact) mass is 333 g/mol. The molecule has 0 saturated carbocycles. The summed E-state index contributed by atoms with van der Waals surface area (Å²) in [5.74, 6) is 0.261. The van der Waals surface area contributed by atoms with Gasteiger partial charge < -0.3 is 10.3 Å². The fourth-order valence-electron chi connectivity index (χ4n) is 2.26. The van der Waals surface area contributed by atoms with Crippen molar-refractivity contribution in [3.63, 3.8) is 0 Å². The van der Waals surface area contributed by atoms with Gasteiger partial charge in [-0.1, -0.05) is 23.7 Å². The Balaban J connectivity index is 2.14. The number of H-pyrrole nitrogens is 1. The summed E-state index contributed by atoms with van der Waals surface area (Å²) in [6, 6.07) is 6.96. The van der Waals surface area contributed by atoms with Crippen LogP contribution in [-0.4, -0.2) is 15.9 Å². The molecule has 0 aliphatic carbocycles. The maximum absolute atomic E-state index is 12.3. The van der Waals surface area contributed by atoms with Gasteiger partial charge in [0.05, 0.1) is 12.0 Å². The number of aryl methyl sites for hydroxylation is 2. The van der Waals surface area contributed by atoms with Gasteiger partial charge in [-0.15, -0.1) is 0 Å². The van der Waals surface area contributed by atoms with Crippen LogP contribution in [0.25, 0.3) is 0 Å². The van der Waals surface area contributed by atoms with Crippen molar-refractivity contribution in [3.8, 4) is 0 Å². The number of aromatic nitrogens is 2. The number of halogens is 1. The van der Waals surface area contributed by atoms with Gasteiger partial charge in [-0.3, -0.25) is 9.59 Å². The van der Waals surface area contributed by atoms with Gasteiger partial charge in [0.25, 0.3) is 5.56 Å². The molecule has 2 N–H and O–H groups in total. The molecular formula is C17H20ClN3O2. The number of hydrogen-bond acceptors (Lipinski definition) is 3. The molecule has 122 valence electrons. The summed E-state index contributed by atoms with van der Waals surface area (Å²) in [6.07, 6.45) is 0.208. The molecule has 0 unspecified atom stereocenters. The van der Waals surface area contributed by atoms with E-state index in [1.807, 2.05) is 19.1 Å². The van der Waals surface area contributed by atoms with Gasteiger partial charge in [0.1, 0.15) is 5.82 Å². The fourth-order valence-corrected chi connectivity index (χ4v) is 2.46. The van der Waals surface area contributed by atoms with Crippen molar-refractivity contribution in [1.82, 2.24) is 15.3 Å². The molecule has 5 nitrogen and oxygen atoms in total. The molecule has 0 spiro atoms. The Morgan fingerprint density at radius 2 is 2.00 bits per heavy atom. The van der Waals surface area contributed by atoms with Crippen molar-refractivity contribution >= 4 is 17.5 Å². The Kier molecular flexibility index (Phi) is 4.90. The Bertz CT molecular complexity index is 797. The van der Waals surface area contributed by atoms with E-state index in [0.29, 0.717) is 16.5 Å². The number of rotatable bonds is 4. The molecular weight excluding hydrogens is 314 g/mol. The highest BCUT2D eigenvalue weighted by Crippen LogP contribution is 2.18. The molecule has 0 aliphatic rings. The first-order valence-corrected chi connectivity index (χ1v) is 7.69. The average Bonchev–Trinajstić information content (AvgIpc) is 2.41. The van der Waals surface area contributed by atoms with Crippen LogP contribution in [-0.2, 0) is 16.8 Å². The molecule has 1 heterocycles. The average molecular weight is 334 g/mol. The van der Waals surface area contributed by atoms with Gasteiger partial charge in [0.15, 0.2) is 0 Å². The summed E-state index contributed by atoms with van der Waals surface area (Å²) in [4.78, 5) is 30.8. The van der Waals surface area contributed by atoms with Gasteiger partial charge in [0, 0.05) is 16.8 Å². The molecule has 23 heavy (non-hydrogen) atoms. The molecule has 0 saturated heterocycles. The number of carbonyl (C=O) groups excluding carboxylic acids is 1. The number of nitrogens with one attached hydrogen (secondary N) is 2. The molecule has 1 amide bonds. The SMILES string of the molecule is Cc1cc(=O)[nH]c(C(C)(C)NC(=O)Cc2ccc(C)c(Cl)c2)n1. The molecule has 1 aromatic carbocycles. The van der Waals surface area contributed by atoms with Crippen LogP contribution >= 0.6 is 11.6 Å². The molecule has 2 rings (SSSR count). The first kappa shape index (κ1) is 17.2. The third-order valence-corrected chi connectivity index (χ3v) is 3.92. The lowest BCUT2D eigenvalue weighted by atomic mass is 10.0. The van der Waals surface area contributed by atoms with E-state index in [2.05, 4.69) is 15.3 Å². The molecule has 2 aromatic rings. The molecule has 0 bridgehead atoms. The highest BCUT2D eigenvalue weighted by molar-refractivity contribution is 6.31. The minimum Gasteiger partial charge on any atom is -0.344 e. The van der Waals surface area contributed by atoms with Crippen molar-refractivity contribution in [1.29, 1.82) is 0 Å². The van der Waals surface area contributed by atoms with Crippen LogP contribution in [0.2, 0.25) is 5.02 Å². The smallest absolute Gasteiger partial charge is 0.251 e. The van der Waals surface area contributed by atoms with Crippen LogP contribution in [0.5, 0.6) is 0 Å². The number of hydrogen-bond donors (Lipinski definition) is 2. The minimum atomic E-state index is -0.781. The first-order chi connectivity index (χ1) is 10.7. The van der Waals surface area contributed by atoms with Crippen molar-refractivity contribution in [2.45, 2.75) is 39.7 Å². The lowest BCUT2D eigenvalue weighted by Crippen LogP contribution is -2.44. The summed E-state index contributed by atoms with van der Waals surface area (Å²) in [5.41, 5.74) is 1.39. The van der Waals surface area contributed by atoms with E-state index in [0.717, 1.165) is 11.1 Å². The Labute approximate surface area is 140 Å². The quantitative estimate of drug-likeness (QED) is 0.903. The number of benzene rings is 1. The molecule has 0 radical (unpaired) electrons. The van der Waals surface area contributed by atoms with E-state index in [-0.39, 0.29) is 17.9 Å². The standard InChI is InChI=1S/C17H20ClN3O2/c1-10-5-6-12(8-13(10)18)9-15(23)21-17(3,4)16-19-11(2)7-14(22)20-16/h5-8H,9H2,1-4H3,(H,21,23)(H,19,20,22). The molecule has 0 atom stereocenters. The van der Waals surface area contributed by atoms with E-state index < -0.39 is 5.54 Å². The van der Waals surface area contributed by atoms with E-state index >= 15 is 0 Å². The largest absolute Gasteiger partial charge is 0.344 e. The summed E-state index contributed by atoms with van der Waals surface area (Å²) >= 11 is 6.08. The highest BCUT2D eigenvalue weighted by atomic mass is 35.5. The van der Waals surface area contributed by atoms with E-state index in [1.54, 1.807) is 26.8 Å². The van der Waals surface area contributed by atoms with Gasteiger partial charge in [0.2, 0.25) is 5.91 Å². The molecule has 0 aliphatic heterocycles. The Morgan fingerprint density at radius 1 is 1.30 bits per heavy atom. The summed E-state index contributed by atoms with van der Waals surface area (Å²) in [6.45, 7) is 7.25. The number of nitrogens with zero attached hydrogens (tertiary/aromatic N) is 1. The number of carbonyl (C=O) groups is 1. The van der Waals surface area contributed by atoms with Crippen LogP contribution in [0.1, 0.15) is 36.5 Å². The van der Waals surface area contributed by atoms with Crippen molar-refractivity contribution in [2.75, 3.05) is 0 Å². The number of aromatic amines is 1. The Morgan fingerprint density at radius 3 is 2.61 bits per heavy atom. The van der Waals surface area contributed by atoms with E-state index in [4.69, 9.17) is 11.6 Å². The normalized spacial score (nSPS) is 11.3. The fraction of sp³-hybridized carbons (Fsp3) is 0.353. The zero-order valence-electron chi connectivity index (χ0n) is 13.7. The van der Waals surface area contributed by atoms with Crippen molar-refractivity contribution < 1.29 is 4.79 Å². The Hall–Kier alpha value is -2.14. The van der Waals surface area contributed by atoms with E-state index in [1.165, 1.54) is 6.07 Å². The molecule has 6 heteroatoms. The second-order valence-electron chi connectivity index (χ2n) is 6.17. The summed E-state index contributed by atoms with van der Waals surface area (Å²) < 4.78 is 0. The predicted molar refractivity (Wildman–Crippen MR) is 90.7 cm³/mol. The van der Waals surface area contributed by atoms with Crippen LogP contribution < -0.4 is 10.9 Å². The number of amides is 1. The molecule has 1 aromatic heterocycles. The second kappa shape index (κ2) is 6.54. The van der Waals surface area contributed by atoms with Gasteiger partial charge >= 0.3 is 0 Å². The maximum atomic E-state index is 12.3. The lowest BCUT2D eigenvalue weighted by Gasteiger charge is -2.25. The summed E-state index contributed by atoms with van der Waals surface area (Å²) in [5, 5.41) is 3.53. The minimum absolute atomic E-state index is 0.168.